The highest BCUT2D eigenvalue weighted by Crippen LogP contribution is 2.21. The van der Waals surface area contributed by atoms with E-state index in [0.717, 1.165) is 37.1 Å². The minimum absolute atomic E-state index is 0.238. The van der Waals surface area contributed by atoms with Gasteiger partial charge in [0.2, 0.25) is 5.91 Å². The maximum atomic E-state index is 10.8. The van der Waals surface area contributed by atoms with Gasteiger partial charge in [-0.2, -0.15) is 0 Å². The first kappa shape index (κ1) is 14.9. The van der Waals surface area contributed by atoms with Crippen molar-refractivity contribution < 1.29 is 4.79 Å². The molecule has 4 nitrogen and oxygen atoms in total. The summed E-state index contributed by atoms with van der Waals surface area (Å²) in [5.41, 5.74) is 8.57. The number of hydrogen-bond acceptors (Lipinski definition) is 2. The van der Waals surface area contributed by atoms with E-state index in [4.69, 9.17) is 17.3 Å². The molecule has 1 amide bonds. The summed E-state index contributed by atoms with van der Waals surface area (Å²) in [4.78, 5) is 15.4. The molecule has 1 aromatic heterocycles. The third-order valence-electron chi connectivity index (χ3n) is 3.42. The number of hydrogen-bond donors (Lipinski definition) is 1. The Morgan fingerprint density at radius 1 is 1.40 bits per heavy atom. The van der Waals surface area contributed by atoms with E-state index in [2.05, 4.69) is 22.5 Å². The molecule has 108 valence electrons. The van der Waals surface area contributed by atoms with Crippen LogP contribution in [0.2, 0.25) is 0 Å². The second-order valence-electron chi connectivity index (χ2n) is 4.98. The first-order valence-corrected chi connectivity index (χ1v) is 7.46. The zero-order valence-corrected chi connectivity index (χ0v) is 12.5. The lowest BCUT2D eigenvalue weighted by molar-refractivity contribution is -0.118. The Balaban J connectivity index is 2.24. The summed E-state index contributed by atoms with van der Waals surface area (Å²) in [6.45, 7) is 2.94. The number of benzene rings is 1. The standard InChI is InChI=1S/C15H20ClN3O/c1-11-5-4-6-12-15(11)19(14(18-12)8-9-16)10-3-2-7-13(17)20/h4-6H,2-3,7-10H2,1H3,(H2,17,20). The lowest BCUT2D eigenvalue weighted by atomic mass is 10.2. The maximum absolute atomic E-state index is 10.8. The number of rotatable bonds is 7. The normalized spacial score (nSPS) is 11.1. The third-order valence-corrected chi connectivity index (χ3v) is 3.61. The van der Waals surface area contributed by atoms with E-state index in [1.165, 1.54) is 11.1 Å². The molecule has 0 saturated heterocycles. The molecule has 2 aromatic rings. The smallest absolute Gasteiger partial charge is 0.217 e. The number of aromatic nitrogens is 2. The summed E-state index contributed by atoms with van der Waals surface area (Å²) in [5, 5.41) is 0. The summed E-state index contributed by atoms with van der Waals surface area (Å²) in [7, 11) is 0. The van der Waals surface area contributed by atoms with Crippen molar-refractivity contribution in [3.63, 3.8) is 0 Å². The highest BCUT2D eigenvalue weighted by atomic mass is 35.5. The van der Waals surface area contributed by atoms with Crippen molar-refractivity contribution in [2.75, 3.05) is 5.88 Å². The van der Waals surface area contributed by atoms with Crippen LogP contribution in [0.25, 0.3) is 11.0 Å². The monoisotopic (exact) mass is 293 g/mol. The third kappa shape index (κ3) is 3.31. The van der Waals surface area contributed by atoms with Gasteiger partial charge in [0.15, 0.2) is 0 Å². The molecule has 0 saturated carbocycles. The molecule has 5 heteroatoms. The van der Waals surface area contributed by atoms with Crippen LogP contribution in [0.1, 0.15) is 30.7 Å². The Kier molecular flexibility index (Phi) is 5.01. The maximum Gasteiger partial charge on any atom is 0.217 e. The van der Waals surface area contributed by atoms with E-state index in [0.29, 0.717) is 12.3 Å². The van der Waals surface area contributed by atoms with Crippen molar-refractivity contribution in [3.05, 3.63) is 29.6 Å². The van der Waals surface area contributed by atoms with Crippen molar-refractivity contribution in [2.45, 2.75) is 39.2 Å². The molecule has 0 unspecified atom stereocenters. The van der Waals surface area contributed by atoms with Gasteiger partial charge in [-0.3, -0.25) is 4.79 Å². The van der Waals surface area contributed by atoms with Gasteiger partial charge in [-0.05, 0) is 31.4 Å². The topological polar surface area (TPSA) is 60.9 Å². The quantitative estimate of drug-likeness (QED) is 0.630. The zero-order valence-electron chi connectivity index (χ0n) is 11.7. The van der Waals surface area contributed by atoms with E-state index in [9.17, 15) is 4.79 Å². The lowest BCUT2D eigenvalue weighted by Crippen LogP contribution is -2.11. The molecule has 1 heterocycles. The van der Waals surface area contributed by atoms with Crippen LogP contribution in [0.3, 0.4) is 0 Å². The molecule has 20 heavy (non-hydrogen) atoms. The summed E-state index contributed by atoms with van der Waals surface area (Å²) in [6, 6.07) is 6.14. The highest BCUT2D eigenvalue weighted by Gasteiger charge is 2.11. The molecule has 0 atom stereocenters. The molecule has 0 aliphatic rings. The number of alkyl halides is 1. The van der Waals surface area contributed by atoms with Gasteiger partial charge in [0.05, 0.1) is 11.0 Å². The number of unbranched alkanes of at least 4 members (excludes halogenated alkanes) is 1. The number of nitrogens with zero attached hydrogens (tertiary/aromatic N) is 2. The van der Waals surface area contributed by atoms with Gasteiger partial charge in [-0.1, -0.05) is 12.1 Å². The Hall–Kier alpha value is -1.55. The van der Waals surface area contributed by atoms with Crippen molar-refractivity contribution in [1.29, 1.82) is 0 Å². The first-order chi connectivity index (χ1) is 9.63. The fourth-order valence-corrected chi connectivity index (χ4v) is 2.67. The fourth-order valence-electron chi connectivity index (χ4n) is 2.50. The van der Waals surface area contributed by atoms with Crippen LogP contribution in [0, 0.1) is 6.92 Å². The highest BCUT2D eigenvalue weighted by molar-refractivity contribution is 6.17. The van der Waals surface area contributed by atoms with Crippen LogP contribution in [-0.4, -0.2) is 21.3 Å². The average Bonchev–Trinajstić information content (AvgIpc) is 2.74. The largest absolute Gasteiger partial charge is 0.370 e. The number of para-hydroxylation sites is 1. The predicted octanol–water partition coefficient (Wildman–Crippen LogP) is 2.78. The van der Waals surface area contributed by atoms with Gasteiger partial charge in [0.25, 0.3) is 0 Å². The molecule has 0 bridgehead atoms. The minimum atomic E-state index is -0.238. The van der Waals surface area contributed by atoms with Crippen LogP contribution < -0.4 is 5.73 Å². The fraction of sp³-hybridized carbons (Fsp3) is 0.467. The van der Waals surface area contributed by atoms with Crippen molar-refractivity contribution in [1.82, 2.24) is 9.55 Å². The second-order valence-corrected chi connectivity index (χ2v) is 5.36. The molecule has 2 rings (SSSR count). The minimum Gasteiger partial charge on any atom is -0.370 e. The summed E-state index contributed by atoms with van der Waals surface area (Å²) in [5.74, 6) is 1.34. The van der Waals surface area contributed by atoms with E-state index in [-0.39, 0.29) is 5.91 Å². The lowest BCUT2D eigenvalue weighted by Gasteiger charge is -2.09. The Morgan fingerprint density at radius 2 is 2.20 bits per heavy atom. The van der Waals surface area contributed by atoms with Gasteiger partial charge < -0.3 is 10.3 Å². The number of halogens is 1. The number of nitrogens with two attached hydrogens (primary N) is 1. The Bertz CT molecular complexity index is 606. The van der Waals surface area contributed by atoms with Gasteiger partial charge >= 0.3 is 0 Å². The van der Waals surface area contributed by atoms with Gasteiger partial charge in [0.1, 0.15) is 5.82 Å². The zero-order chi connectivity index (χ0) is 14.5. The van der Waals surface area contributed by atoms with E-state index >= 15 is 0 Å². The van der Waals surface area contributed by atoms with Crippen LogP contribution in [0.4, 0.5) is 0 Å². The molecule has 0 aliphatic heterocycles. The summed E-state index contributed by atoms with van der Waals surface area (Å²) < 4.78 is 2.23. The van der Waals surface area contributed by atoms with E-state index in [1.54, 1.807) is 0 Å². The van der Waals surface area contributed by atoms with Crippen molar-refractivity contribution in [2.24, 2.45) is 5.73 Å². The number of carbonyl (C=O) groups excluding carboxylic acids is 1. The number of fused-ring (bicyclic) bond motifs is 1. The van der Waals surface area contributed by atoms with Crippen molar-refractivity contribution >= 4 is 28.5 Å². The molecule has 0 radical (unpaired) electrons. The van der Waals surface area contributed by atoms with E-state index < -0.39 is 0 Å². The molecule has 0 spiro atoms. The molecular weight excluding hydrogens is 274 g/mol. The molecule has 0 aliphatic carbocycles. The Labute approximate surface area is 123 Å². The number of amides is 1. The predicted molar refractivity (Wildman–Crippen MR) is 81.9 cm³/mol. The summed E-state index contributed by atoms with van der Waals surface area (Å²) >= 11 is 5.86. The van der Waals surface area contributed by atoms with Gasteiger partial charge in [0, 0.05) is 25.3 Å². The van der Waals surface area contributed by atoms with Crippen LogP contribution >= 0.6 is 11.6 Å². The van der Waals surface area contributed by atoms with E-state index in [1.807, 2.05) is 12.1 Å². The molecule has 0 fully saturated rings. The molecule has 1 aromatic carbocycles. The summed E-state index contributed by atoms with van der Waals surface area (Å²) in [6.07, 6.45) is 2.92. The Morgan fingerprint density at radius 3 is 2.90 bits per heavy atom. The first-order valence-electron chi connectivity index (χ1n) is 6.92. The van der Waals surface area contributed by atoms with Gasteiger partial charge in [-0.15, -0.1) is 11.6 Å². The number of aryl methyl sites for hydroxylation is 3. The average molecular weight is 294 g/mol. The molecular formula is C15H20ClN3O. The number of carbonyl (C=O) groups is 1. The van der Waals surface area contributed by atoms with Crippen LogP contribution in [0.5, 0.6) is 0 Å². The number of imidazole rings is 1. The van der Waals surface area contributed by atoms with Gasteiger partial charge in [-0.25, -0.2) is 4.98 Å². The number of primary amides is 1. The molecule has 2 N–H and O–H groups in total. The van der Waals surface area contributed by atoms with Crippen LogP contribution in [-0.2, 0) is 17.8 Å². The van der Waals surface area contributed by atoms with Crippen LogP contribution in [0.15, 0.2) is 18.2 Å². The SMILES string of the molecule is Cc1cccc2nc(CCCl)n(CCCCC(N)=O)c12. The van der Waals surface area contributed by atoms with Crippen molar-refractivity contribution in [3.8, 4) is 0 Å². The second kappa shape index (κ2) is 6.75.